The van der Waals surface area contributed by atoms with E-state index in [1.54, 1.807) is 13.1 Å². The Bertz CT molecular complexity index is 1030. The molecular formula is C17H20N4O2S2. The van der Waals surface area contributed by atoms with E-state index in [4.69, 9.17) is 0 Å². The lowest BCUT2D eigenvalue weighted by Crippen LogP contribution is -2.13. The molecule has 0 saturated heterocycles. The molecule has 1 saturated carbocycles. The summed E-state index contributed by atoms with van der Waals surface area (Å²) in [6.07, 6.45) is 6.13. The van der Waals surface area contributed by atoms with E-state index in [0.29, 0.717) is 16.9 Å². The molecule has 1 N–H and O–H groups in total. The van der Waals surface area contributed by atoms with Crippen molar-refractivity contribution in [1.82, 2.24) is 14.8 Å². The number of aryl methyl sites for hydroxylation is 2. The summed E-state index contributed by atoms with van der Waals surface area (Å²) in [6, 6.07) is 6.18. The molecule has 2 heterocycles. The van der Waals surface area contributed by atoms with Crippen LogP contribution in [-0.2, 0) is 10.0 Å². The first kappa shape index (κ1) is 16.5. The van der Waals surface area contributed by atoms with Crippen molar-refractivity contribution in [2.75, 3.05) is 4.72 Å². The summed E-state index contributed by atoms with van der Waals surface area (Å²) in [7, 11) is -3.70. The number of nitrogens with one attached hydrogen (secondary N) is 1. The molecular weight excluding hydrogens is 356 g/mol. The van der Waals surface area contributed by atoms with Crippen LogP contribution < -0.4 is 4.72 Å². The molecule has 4 rings (SSSR count). The van der Waals surface area contributed by atoms with Crippen LogP contribution in [0.25, 0.3) is 10.2 Å². The first-order chi connectivity index (χ1) is 11.9. The monoisotopic (exact) mass is 376 g/mol. The largest absolute Gasteiger partial charge is 0.268 e. The van der Waals surface area contributed by atoms with Gasteiger partial charge in [0.1, 0.15) is 4.90 Å². The predicted molar refractivity (Wildman–Crippen MR) is 99.6 cm³/mol. The summed E-state index contributed by atoms with van der Waals surface area (Å²) in [5.74, 6) is 0. The number of aromatic nitrogens is 3. The van der Waals surface area contributed by atoms with Crippen LogP contribution in [0.1, 0.15) is 43.0 Å². The maximum atomic E-state index is 12.8. The van der Waals surface area contributed by atoms with Gasteiger partial charge in [0.05, 0.1) is 22.0 Å². The fourth-order valence-electron chi connectivity index (χ4n) is 3.38. The Labute approximate surface area is 150 Å². The Morgan fingerprint density at radius 1 is 1.24 bits per heavy atom. The molecule has 0 bridgehead atoms. The van der Waals surface area contributed by atoms with Crippen LogP contribution in [0, 0.1) is 13.8 Å². The van der Waals surface area contributed by atoms with Crippen LogP contribution in [0.2, 0.25) is 0 Å². The van der Waals surface area contributed by atoms with Crippen LogP contribution >= 0.6 is 11.3 Å². The van der Waals surface area contributed by atoms with Gasteiger partial charge in [-0.05, 0) is 38.3 Å². The minimum Gasteiger partial charge on any atom is -0.268 e. The quantitative estimate of drug-likeness (QED) is 0.746. The van der Waals surface area contributed by atoms with Gasteiger partial charge < -0.3 is 0 Å². The lowest BCUT2D eigenvalue weighted by molar-refractivity contribution is 0.464. The molecule has 0 amide bonds. The summed E-state index contributed by atoms with van der Waals surface area (Å²) in [4.78, 5) is 4.67. The highest BCUT2D eigenvalue weighted by atomic mass is 32.2. The first-order valence-electron chi connectivity index (χ1n) is 8.39. The second-order valence-electron chi connectivity index (χ2n) is 6.54. The van der Waals surface area contributed by atoms with Crippen molar-refractivity contribution in [2.45, 2.75) is 50.5 Å². The van der Waals surface area contributed by atoms with E-state index in [2.05, 4.69) is 14.8 Å². The van der Waals surface area contributed by atoms with E-state index in [1.807, 2.05) is 29.8 Å². The van der Waals surface area contributed by atoms with Crippen LogP contribution in [0.15, 0.2) is 29.3 Å². The number of hydrogen-bond acceptors (Lipinski definition) is 5. The summed E-state index contributed by atoms with van der Waals surface area (Å²) < 4.78 is 31.0. The number of benzene rings is 1. The van der Waals surface area contributed by atoms with Gasteiger partial charge in [0.25, 0.3) is 10.0 Å². The van der Waals surface area contributed by atoms with Crippen molar-refractivity contribution in [2.24, 2.45) is 0 Å². The van der Waals surface area contributed by atoms with E-state index in [1.165, 1.54) is 24.2 Å². The van der Waals surface area contributed by atoms with E-state index >= 15 is 0 Å². The van der Waals surface area contributed by atoms with Gasteiger partial charge in [-0.1, -0.05) is 36.3 Å². The molecule has 0 atom stereocenters. The van der Waals surface area contributed by atoms with E-state index in [0.717, 1.165) is 28.6 Å². The smallest absolute Gasteiger partial charge is 0.267 e. The lowest BCUT2D eigenvalue weighted by atomic mass is 10.2. The van der Waals surface area contributed by atoms with Gasteiger partial charge in [0.15, 0.2) is 5.13 Å². The van der Waals surface area contributed by atoms with Crippen molar-refractivity contribution < 1.29 is 8.42 Å². The number of nitrogens with zero attached hydrogens (tertiary/aromatic N) is 3. The van der Waals surface area contributed by atoms with Crippen molar-refractivity contribution in [3.05, 3.63) is 35.7 Å². The molecule has 1 aromatic carbocycles. The summed E-state index contributed by atoms with van der Waals surface area (Å²) >= 11 is 1.34. The lowest BCUT2D eigenvalue weighted by Gasteiger charge is -2.08. The number of hydrogen-bond donors (Lipinski definition) is 1. The molecule has 25 heavy (non-hydrogen) atoms. The zero-order chi connectivity index (χ0) is 17.6. The Morgan fingerprint density at radius 2 is 2.00 bits per heavy atom. The number of para-hydroxylation sites is 1. The van der Waals surface area contributed by atoms with Crippen molar-refractivity contribution >= 4 is 36.7 Å². The third-order valence-electron chi connectivity index (χ3n) is 4.70. The number of anilines is 1. The van der Waals surface area contributed by atoms with Gasteiger partial charge in [-0.2, -0.15) is 5.10 Å². The van der Waals surface area contributed by atoms with Gasteiger partial charge in [-0.25, -0.2) is 13.4 Å². The average Bonchev–Trinajstić information content (AvgIpc) is 3.25. The third-order valence-corrected chi connectivity index (χ3v) is 7.21. The highest BCUT2D eigenvalue weighted by Gasteiger charge is 2.25. The Hall–Kier alpha value is -1.93. The minimum absolute atomic E-state index is 0.232. The van der Waals surface area contributed by atoms with Gasteiger partial charge in [-0.15, -0.1) is 0 Å². The molecule has 8 heteroatoms. The van der Waals surface area contributed by atoms with Crippen LogP contribution in [0.5, 0.6) is 0 Å². The third kappa shape index (κ3) is 3.04. The van der Waals surface area contributed by atoms with E-state index in [9.17, 15) is 8.42 Å². The topological polar surface area (TPSA) is 76.9 Å². The fourth-order valence-corrected chi connectivity index (χ4v) is 5.74. The zero-order valence-electron chi connectivity index (χ0n) is 14.2. The molecule has 1 fully saturated rings. The Balaban J connectivity index is 1.65. The number of fused-ring (bicyclic) bond motifs is 1. The Morgan fingerprint density at radius 3 is 2.72 bits per heavy atom. The molecule has 2 aromatic heterocycles. The SMILES string of the molecule is Cc1nn(C2CCCC2)cc1S(=O)(=O)Nc1nc2c(C)cccc2s1. The normalized spacial score (nSPS) is 15.9. The van der Waals surface area contributed by atoms with Crippen molar-refractivity contribution in [1.29, 1.82) is 0 Å². The standard InChI is InChI=1S/C17H20N4O2S2/c1-11-6-5-9-14-16(11)18-17(24-14)20-25(22,23)15-10-21(19-12(15)2)13-7-3-4-8-13/h5-6,9-10,13H,3-4,7-8H2,1-2H3,(H,18,20). The van der Waals surface area contributed by atoms with Crippen LogP contribution in [0.4, 0.5) is 5.13 Å². The predicted octanol–water partition coefficient (Wildman–Crippen LogP) is 4.03. The maximum Gasteiger partial charge on any atom is 0.267 e. The average molecular weight is 377 g/mol. The van der Waals surface area contributed by atoms with E-state index < -0.39 is 10.0 Å². The second-order valence-corrected chi connectivity index (χ2v) is 9.22. The Kier molecular flexibility index (Phi) is 4.04. The summed E-state index contributed by atoms with van der Waals surface area (Å²) in [6.45, 7) is 3.71. The molecule has 3 aromatic rings. The van der Waals surface area contributed by atoms with E-state index in [-0.39, 0.29) is 4.90 Å². The number of thiazole rings is 1. The molecule has 0 spiro atoms. The molecule has 6 nitrogen and oxygen atoms in total. The first-order valence-corrected chi connectivity index (χ1v) is 10.7. The number of sulfonamides is 1. The highest BCUT2D eigenvalue weighted by Crippen LogP contribution is 2.32. The summed E-state index contributed by atoms with van der Waals surface area (Å²) in [5, 5.41) is 4.82. The molecule has 0 unspecified atom stereocenters. The fraction of sp³-hybridized carbons (Fsp3) is 0.412. The van der Waals surface area contributed by atoms with Crippen molar-refractivity contribution in [3.63, 3.8) is 0 Å². The second kappa shape index (κ2) is 6.10. The van der Waals surface area contributed by atoms with Crippen LogP contribution in [0.3, 0.4) is 0 Å². The summed E-state index contributed by atoms with van der Waals surface area (Å²) in [5.41, 5.74) is 2.39. The number of rotatable bonds is 4. The minimum atomic E-state index is -3.70. The zero-order valence-corrected chi connectivity index (χ0v) is 15.8. The van der Waals surface area contributed by atoms with Gasteiger partial charge in [-0.3, -0.25) is 9.40 Å². The highest BCUT2D eigenvalue weighted by molar-refractivity contribution is 7.93. The van der Waals surface area contributed by atoms with Gasteiger partial charge >= 0.3 is 0 Å². The van der Waals surface area contributed by atoms with Gasteiger partial charge in [0.2, 0.25) is 0 Å². The maximum absolute atomic E-state index is 12.8. The molecule has 1 aliphatic carbocycles. The van der Waals surface area contributed by atoms with Crippen LogP contribution in [-0.4, -0.2) is 23.2 Å². The molecule has 0 aliphatic heterocycles. The molecule has 132 valence electrons. The molecule has 0 radical (unpaired) electrons. The van der Waals surface area contributed by atoms with Crippen molar-refractivity contribution in [3.8, 4) is 0 Å². The van der Waals surface area contributed by atoms with Gasteiger partial charge in [0, 0.05) is 6.20 Å². The molecule has 1 aliphatic rings.